The molecule has 0 aromatic carbocycles. The Hall–Kier alpha value is -1.32. The fourth-order valence-corrected chi connectivity index (χ4v) is 2.13. The largest absolute Gasteiger partial charge is 0.369 e. The lowest BCUT2D eigenvalue weighted by atomic mass is 9.79. The first-order valence-corrected chi connectivity index (χ1v) is 6.82. The predicted molar refractivity (Wildman–Crippen MR) is 78.3 cm³/mol. The number of hydrogen-bond donors (Lipinski definition) is 2. The number of carbonyl (C=O) groups excluding carboxylic acids is 2. The van der Waals surface area contributed by atoms with Gasteiger partial charge in [0.15, 0.2) is 0 Å². The number of primary amides is 1. The highest BCUT2D eigenvalue weighted by molar-refractivity contribution is 5.87. The van der Waals surface area contributed by atoms with E-state index in [2.05, 4.69) is 5.32 Å². The maximum Gasteiger partial charge on any atom is 0.224 e. The van der Waals surface area contributed by atoms with Gasteiger partial charge in [0.05, 0.1) is 11.8 Å². The highest BCUT2D eigenvalue weighted by Gasteiger charge is 2.35. The Morgan fingerprint density at radius 1 is 1.26 bits per heavy atom. The fraction of sp³-hybridized carbons (Fsp3) is 0.733. The topological polar surface area (TPSA) is 72.2 Å². The Bertz CT molecular complexity index is 341. The molecule has 4 nitrogen and oxygen atoms in total. The van der Waals surface area contributed by atoms with Crippen LogP contribution in [0.2, 0.25) is 0 Å². The number of rotatable bonds is 6. The second kappa shape index (κ2) is 7.31. The van der Waals surface area contributed by atoms with Gasteiger partial charge in [-0.2, -0.15) is 0 Å². The van der Waals surface area contributed by atoms with Crippen LogP contribution in [0.4, 0.5) is 0 Å². The number of amides is 2. The van der Waals surface area contributed by atoms with Crippen molar-refractivity contribution in [1.82, 2.24) is 5.32 Å². The quantitative estimate of drug-likeness (QED) is 0.725. The SMILES string of the molecule is C/C=C/C[C@H](C(N)=O)C(C(=O)NC(C)(C)C)C(C)C. The third-order valence-electron chi connectivity index (χ3n) is 2.94. The summed E-state index contributed by atoms with van der Waals surface area (Å²) in [5, 5.41) is 2.94. The van der Waals surface area contributed by atoms with Crippen LogP contribution in [0.25, 0.3) is 0 Å². The number of carbonyl (C=O) groups is 2. The molecule has 0 saturated carbocycles. The van der Waals surface area contributed by atoms with E-state index in [0.717, 1.165) is 0 Å². The summed E-state index contributed by atoms with van der Waals surface area (Å²) < 4.78 is 0. The zero-order valence-corrected chi connectivity index (χ0v) is 13.0. The molecule has 0 heterocycles. The minimum Gasteiger partial charge on any atom is -0.369 e. The molecular formula is C15H28N2O2. The summed E-state index contributed by atoms with van der Waals surface area (Å²) in [4.78, 5) is 24.0. The monoisotopic (exact) mass is 268 g/mol. The van der Waals surface area contributed by atoms with Gasteiger partial charge in [-0.15, -0.1) is 0 Å². The molecule has 0 aliphatic heterocycles. The van der Waals surface area contributed by atoms with Gasteiger partial charge >= 0.3 is 0 Å². The number of nitrogens with one attached hydrogen (secondary N) is 1. The molecule has 0 rings (SSSR count). The summed E-state index contributed by atoms with van der Waals surface area (Å²) >= 11 is 0. The van der Waals surface area contributed by atoms with E-state index in [4.69, 9.17) is 5.73 Å². The van der Waals surface area contributed by atoms with Gasteiger partial charge in [-0.05, 0) is 40.0 Å². The molecule has 0 aliphatic carbocycles. The molecule has 0 aromatic rings. The molecule has 19 heavy (non-hydrogen) atoms. The Balaban J connectivity index is 5.14. The molecule has 2 atom stereocenters. The third kappa shape index (κ3) is 6.41. The molecule has 4 heteroatoms. The van der Waals surface area contributed by atoms with Gasteiger partial charge in [0.1, 0.15) is 0 Å². The molecule has 0 bridgehead atoms. The maximum atomic E-state index is 12.4. The van der Waals surface area contributed by atoms with E-state index in [-0.39, 0.29) is 17.4 Å². The lowest BCUT2D eigenvalue weighted by molar-refractivity contribution is -0.136. The van der Waals surface area contributed by atoms with Crippen LogP contribution in [0, 0.1) is 17.8 Å². The molecule has 1 unspecified atom stereocenters. The van der Waals surface area contributed by atoms with E-state index in [1.165, 1.54) is 0 Å². The molecule has 0 aliphatic rings. The van der Waals surface area contributed by atoms with Crippen molar-refractivity contribution >= 4 is 11.8 Å². The van der Waals surface area contributed by atoms with Crippen LogP contribution >= 0.6 is 0 Å². The first-order valence-electron chi connectivity index (χ1n) is 6.82. The zero-order valence-electron chi connectivity index (χ0n) is 13.0. The number of nitrogens with two attached hydrogens (primary N) is 1. The van der Waals surface area contributed by atoms with Crippen molar-refractivity contribution in [2.75, 3.05) is 0 Å². The lowest BCUT2D eigenvalue weighted by Gasteiger charge is -2.30. The van der Waals surface area contributed by atoms with Crippen LogP contribution in [0.15, 0.2) is 12.2 Å². The first-order chi connectivity index (χ1) is 8.60. The van der Waals surface area contributed by atoms with E-state index < -0.39 is 17.7 Å². The highest BCUT2D eigenvalue weighted by Crippen LogP contribution is 2.25. The van der Waals surface area contributed by atoms with Gasteiger partial charge in [-0.3, -0.25) is 9.59 Å². The van der Waals surface area contributed by atoms with E-state index in [9.17, 15) is 9.59 Å². The molecule has 0 aromatic heterocycles. The van der Waals surface area contributed by atoms with Crippen LogP contribution in [0.5, 0.6) is 0 Å². The van der Waals surface area contributed by atoms with E-state index >= 15 is 0 Å². The second-order valence-corrected chi connectivity index (χ2v) is 6.32. The number of hydrogen-bond acceptors (Lipinski definition) is 2. The molecule has 2 amide bonds. The highest BCUT2D eigenvalue weighted by atomic mass is 16.2. The summed E-state index contributed by atoms with van der Waals surface area (Å²) in [6.07, 6.45) is 4.26. The van der Waals surface area contributed by atoms with E-state index in [1.54, 1.807) is 0 Å². The van der Waals surface area contributed by atoms with Gasteiger partial charge in [0, 0.05) is 5.54 Å². The van der Waals surface area contributed by atoms with E-state index in [1.807, 2.05) is 53.7 Å². The van der Waals surface area contributed by atoms with Gasteiger partial charge in [0.2, 0.25) is 11.8 Å². The Morgan fingerprint density at radius 3 is 2.11 bits per heavy atom. The van der Waals surface area contributed by atoms with Gasteiger partial charge in [-0.25, -0.2) is 0 Å². The molecule has 3 N–H and O–H groups in total. The first kappa shape index (κ1) is 17.7. The average molecular weight is 268 g/mol. The van der Waals surface area contributed by atoms with Crippen LogP contribution in [0.3, 0.4) is 0 Å². The molecule has 110 valence electrons. The van der Waals surface area contributed by atoms with Crippen molar-refractivity contribution in [1.29, 1.82) is 0 Å². The van der Waals surface area contributed by atoms with Crippen LogP contribution in [0.1, 0.15) is 48.0 Å². The van der Waals surface area contributed by atoms with Crippen LogP contribution in [-0.4, -0.2) is 17.4 Å². The zero-order chi connectivity index (χ0) is 15.2. The molecule has 0 radical (unpaired) electrons. The summed E-state index contributed by atoms with van der Waals surface area (Å²) in [6.45, 7) is 11.5. The van der Waals surface area contributed by atoms with Gasteiger partial charge < -0.3 is 11.1 Å². The predicted octanol–water partition coefficient (Wildman–Crippen LogP) is 2.24. The smallest absolute Gasteiger partial charge is 0.224 e. The summed E-state index contributed by atoms with van der Waals surface area (Å²) in [7, 11) is 0. The summed E-state index contributed by atoms with van der Waals surface area (Å²) in [5.74, 6) is -1.31. The minimum atomic E-state index is -0.460. The van der Waals surface area contributed by atoms with Crippen molar-refractivity contribution < 1.29 is 9.59 Å². The van der Waals surface area contributed by atoms with Gasteiger partial charge in [-0.1, -0.05) is 26.0 Å². The second-order valence-electron chi connectivity index (χ2n) is 6.32. The van der Waals surface area contributed by atoms with Crippen molar-refractivity contribution in [2.45, 2.75) is 53.5 Å². The van der Waals surface area contributed by atoms with Crippen molar-refractivity contribution in [2.24, 2.45) is 23.5 Å². The van der Waals surface area contributed by atoms with E-state index in [0.29, 0.717) is 6.42 Å². The van der Waals surface area contributed by atoms with Gasteiger partial charge in [0.25, 0.3) is 0 Å². The average Bonchev–Trinajstić information content (AvgIpc) is 2.19. The Morgan fingerprint density at radius 2 is 1.79 bits per heavy atom. The van der Waals surface area contributed by atoms with Crippen LogP contribution in [-0.2, 0) is 9.59 Å². The molecular weight excluding hydrogens is 240 g/mol. The standard InChI is InChI=1S/C15H28N2O2/c1-7-8-9-11(13(16)18)12(10(2)3)14(19)17-15(4,5)6/h7-8,10-12H,9H2,1-6H3,(H2,16,18)(H,17,19)/b8-7+/t11-,12?/m0/s1. The Labute approximate surface area is 116 Å². The molecule has 0 fully saturated rings. The molecule has 0 saturated heterocycles. The summed E-state index contributed by atoms with van der Waals surface area (Å²) in [6, 6.07) is 0. The van der Waals surface area contributed by atoms with Crippen molar-refractivity contribution in [3.63, 3.8) is 0 Å². The fourth-order valence-electron chi connectivity index (χ4n) is 2.13. The van der Waals surface area contributed by atoms with Crippen molar-refractivity contribution in [3.8, 4) is 0 Å². The number of allylic oxidation sites excluding steroid dienone is 2. The molecule has 0 spiro atoms. The van der Waals surface area contributed by atoms with Crippen LogP contribution < -0.4 is 11.1 Å². The third-order valence-corrected chi connectivity index (χ3v) is 2.94. The van der Waals surface area contributed by atoms with Crippen molar-refractivity contribution in [3.05, 3.63) is 12.2 Å². The Kier molecular flexibility index (Phi) is 6.81. The summed E-state index contributed by atoms with van der Waals surface area (Å²) in [5.41, 5.74) is 5.15. The maximum absolute atomic E-state index is 12.4. The minimum absolute atomic E-state index is 0.0603. The lowest BCUT2D eigenvalue weighted by Crippen LogP contribution is -2.49. The normalized spacial score (nSPS) is 15.5.